The Morgan fingerprint density at radius 1 is 1.37 bits per heavy atom. The predicted octanol–water partition coefficient (Wildman–Crippen LogP) is 1.82. The molecule has 0 aromatic heterocycles. The lowest BCUT2D eigenvalue weighted by atomic mass is 10.2. The van der Waals surface area contributed by atoms with Crippen LogP contribution in [0.15, 0.2) is 41.8 Å². The Hall–Kier alpha value is -1.66. The van der Waals surface area contributed by atoms with Crippen molar-refractivity contribution in [3.8, 4) is 0 Å². The lowest BCUT2D eigenvalue weighted by molar-refractivity contribution is -0.145. The Kier molecular flexibility index (Phi) is 5.26. The first-order chi connectivity index (χ1) is 8.85. The van der Waals surface area contributed by atoms with Gasteiger partial charge in [-0.25, -0.2) is 0 Å². The Labute approximate surface area is 113 Å². The summed E-state index contributed by atoms with van der Waals surface area (Å²) in [6.07, 6.45) is 0.518. The third-order valence-electron chi connectivity index (χ3n) is 2.28. The van der Waals surface area contributed by atoms with E-state index in [9.17, 15) is 13.2 Å². The zero-order chi connectivity index (χ0) is 14.5. The van der Waals surface area contributed by atoms with Gasteiger partial charge in [0.05, 0.1) is 4.90 Å². The predicted molar refractivity (Wildman–Crippen MR) is 70.1 cm³/mol. The van der Waals surface area contributed by atoms with Gasteiger partial charge in [0.1, 0.15) is 12.7 Å². The molecule has 0 spiro atoms. The summed E-state index contributed by atoms with van der Waals surface area (Å²) < 4.78 is 33.3. The molecule has 104 valence electrons. The molecule has 1 aromatic carbocycles. The Morgan fingerprint density at radius 3 is 2.42 bits per heavy atom. The van der Waals surface area contributed by atoms with Crippen LogP contribution in [0.4, 0.5) is 0 Å². The van der Waals surface area contributed by atoms with Crippen molar-refractivity contribution in [2.24, 2.45) is 0 Å². The highest BCUT2D eigenvalue weighted by Crippen LogP contribution is 2.14. The van der Waals surface area contributed by atoms with E-state index in [1.165, 1.54) is 25.1 Å². The molecule has 0 aliphatic carbocycles. The second-order valence-corrected chi connectivity index (χ2v) is 5.55. The average Bonchev–Trinajstić information content (AvgIpc) is 2.34. The number of hydrogen-bond donors (Lipinski definition) is 0. The molecule has 0 saturated heterocycles. The highest BCUT2D eigenvalue weighted by molar-refractivity contribution is 7.86. The summed E-state index contributed by atoms with van der Waals surface area (Å²) in [6, 6.07) is 6.26. The van der Waals surface area contributed by atoms with Crippen LogP contribution in [0.25, 0.3) is 0 Å². The van der Waals surface area contributed by atoms with Crippen molar-refractivity contribution in [2.75, 3.05) is 6.61 Å². The molecule has 1 aromatic rings. The van der Waals surface area contributed by atoms with E-state index in [1.807, 2.05) is 6.92 Å². The van der Waals surface area contributed by atoms with Crippen molar-refractivity contribution >= 4 is 16.1 Å². The number of carbonyl (C=O) groups is 1. The molecule has 0 heterocycles. The summed E-state index contributed by atoms with van der Waals surface area (Å²) in [5.41, 5.74) is 0.947. The molecule has 1 atom stereocenters. The molecule has 19 heavy (non-hydrogen) atoms. The average molecular weight is 284 g/mol. The molecule has 0 N–H and O–H groups in total. The van der Waals surface area contributed by atoms with E-state index in [2.05, 4.69) is 6.58 Å². The van der Waals surface area contributed by atoms with Crippen molar-refractivity contribution in [2.45, 2.75) is 24.8 Å². The summed E-state index contributed by atoms with van der Waals surface area (Å²) >= 11 is 0. The first kappa shape index (κ1) is 15.4. The van der Waals surface area contributed by atoms with Gasteiger partial charge in [0.15, 0.2) is 0 Å². The molecule has 6 heteroatoms. The smallest absolute Gasteiger partial charge is 0.303 e. The van der Waals surface area contributed by atoms with Gasteiger partial charge in [-0.3, -0.25) is 8.98 Å². The number of ether oxygens (including phenoxy) is 1. The third-order valence-corrected chi connectivity index (χ3v) is 3.57. The maximum atomic E-state index is 11.9. The van der Waals surface area contributed by atoms with E-state index in [1.54, 1.807) is 12.1 Å². The first-order valence-corrected chi connectivity index (χ1v) is 7.02. The van der Waals surface area contributed by atoms with Gasteiger partial charge in [0.25, 0.3) is 10.1 Å². The van der Waals surface area contributed by atoms with Crippen LogP contribution in [0.2, 0.25) is 0 Å². The van der Waals surface area contributed by atoms with Crippen molar-refractivity contribution in [3.05, 3.63) is 42.5 Å². The van der Waals surface area contributed by atoms with Gasteiger partial charge in [-0.15, -0.1) is 0 Å². The molecule has 0 amide bonds. The molecule has 5 nitrogen and oxygen atoms in total. The van der Waals surface area contributed by atoms with Gasteiger partial charge in [-0.2, -0.15) is 8.42 Å². The number of aryl methyl sites for hydroxylation is 1. The molecular formula is C13H16O5S. The number of benzene rings is 1. The van der Waals surface area contributed by atoms with Crippen LogP contribution in [0.5, 0.6) is 0 Å². The monoisotopic (exact) mass is 284 g/mol. The summed E-state index contributed by atoms with van der Waals surface area (Å²) in [5, 5.41) is 0. The van der Waals surface area contributed by atoms with Crippen LogP contribution in [0, 0.1) is 6.92 Å². The van der Waals surface area contributed by atoms with E-state index in [4.69, 9.17) is 8.92 Å². The zero-order valence-electron chi connectivity index (χ0n) is 10.8. The van der Waals surface area contributed by atoms with Crippen LogP contribution >= 0.6 is 0 Å². The molecule has 0 fully saturated rings. The fourth-order valence-electron chi connectivity index (χ4n) is 1.29. The van der Waals surface area contributed by atoms with E-state index < -0.39 is 22.2 Å². The van der Waals surface area contributed by atoms with Gasteiger partial charge in [0, 0.05) is 6.92 Å². The molecule has 1 unspecified atom stereocenters. The summed E-state index contributed by atoms with van der Waals surface area (Å²) in [4.78, 5) is 10.8. The Balaban J connectivity index is 2.72. The van der Waals surface area contributed by atoms with Crippen molar-refractivity contribution < 1.29 is 22.1 Å². The van der Waals surface area contributed by atoms with Gasteiger partial charge in [-0.05, 0) is 25.1 Å². The van der Waals surface area contributed by atoms with Crippen LogP contribution in [0.3, 0.4) is 0 Å². The van der Waals surface area contributed by atoms with Gasteiger partial charge >= 0.3 is 5.97 Å². The van der Waals surface area contributed by atoms with Crippen LogP contribution in [0.1, 0.15) is 12.5 Å². The van der Waals surface area contributed by atoms with Crippen molar-refractivity contribution in [3.63, 3.8) is 0 Å². The maximum absolute atomic E-state index is 11.9. The molecule has 1 rings (SSSR count). The number of rotatable bonds is 6. The van der Waals surface area contributed by atoms with Gasteiger partial charge in [0.2, 0.25) is 0 Å². The highest BCUT2D eigenvalue weighted by atomic mass is 32.2. The fourth-order valence-corrected chi connectivity index (χ4v) is 2.21. The molecule has 0 bridgehead atoms. The van der Waals surface area contributed by atoms with Crippen LogP contribution in [-0.2, 0) is 23.8 Å². The lowest BCUT2D eigenvalue weighted by Gasteiger charge is -2.13. The van der Waals surface area contributed by atoms with Crippen LogP contribution in [-0.4, -0.2) is 27.1 Å². The minimum atomic E-state index is -3.86. The molecule has 0 aliphatic rings. The fraction of sp³-hybridized carbons (Fsp3) is 0.308. The van der Waals surface area contributed by atoms with Crippen molar-refractivity contribution in [1.29, 1.82) is 0 Å². The Bertz CT molecular complexity index is 545. The second-order valence-electron chi connectivity index (χ2n) is 3.94. The zero-order valence-corrected chi connectivity index (χ0v) is 11.6. The molecule has 0 saturated carbocycles. The SMILES string of the molecule is C=CC(COS(=O)(=O)c1ccc(C)cc1)OC(C)=O. The minimum absolute atomic E-state index is 0.0590. The second kappa shape index (κ2) is 6.49. The third kappa shape index (κ3) is 4.84. The van der Waals surface area contributed by atoms with Crippen molar-refractivity contribution in [1.82, 2.24) is 0 Å². The summed E-state index contributed by atoms with van der Waals surface area (Å²) in [7, 11) is -3.86. The normalized spacial score (nSPS) is 12.7. The lowest BCUT2D eigenvalue weighted by Crippen LogP contribution is -2.22. The summed E-state index contributed by atoms with van der Waals surface area (Å²) in [5.74, 6) is -0.527. The topological polar surface area (TPSA) is 69.7 Å². The molecular weight excluding hydrogens is 268 g/mol. The maximum Gasteiger partial charge on any atom is 0.303 e. The first-order valence-electron chi connectivity index (χ1n) is 5.61. The standard InChI is InChI=1S/C13H16O5S/c1-4-12(18-11(3)14)9-17-19(15,16)13-7-5-10(2)6-8-13/h4-8,12H,1,9H2,2-3H3. The van der Waals surface area contributed by atoms with E-state index in [-0.39, 0.29) is 11.5 Å². The van der Waals surface area contributed by atoms with Crippen LogP contribution < -0.4 is 0 Å². The number of esters is 1. The van der Waals surface area contributed by atoms with E-state index in [0.29, 0.717) is 0 Å². The molecule has 0 aliphatic heterocycles. The quantitative estimate of drug-likeness (QED) is 0.453. The number of carbonyl (C=O) groups excluding carboxylic acids is 1. The largest absolute Gasteiger partial charge is 0.456 e. The van der Waals surface area contributed by atoms with E-state index in [0.717, 1.165) is 5.56 Å². The highest BCUT2D eigenvalue weighted by Gasteiger charge is 2.18. The van der Waals surface area contributed by atoms with E-state index >= 15 is 0 Å². The minimum Gasteiger partial charge on any atom is -0.456 e. The Morgan fingerprint density at radius 2 is 1.95 bits per heavy atom. The summed E-state index contributed by atoms with van der Waals surface area (Å²) in [6.45, 7) is 6.23. The molecule has 0 radical (unpaired) electrons. The van der Waals surface area contributed by atoms with Gasteiger partial charge < -0.3 is 4.74 Å². The van der Waals surface area contributed by atoms with Gasteiger partial charge in [-0.1, -0.05) is 24.3 Å². The number of hydrogen-bond acceptors (Lipinski definition) is 5.